The summed E-state index contributed by atoms with van der Waals surface area (Å²) in [6.45, 7) is 10.5. The van der Waals surface area contributed by atoms with E-state index in [-0.39, 0.29) is 12.0 Å². The minimum absolute atomic E-state index is 0.141. The first kappa shape index (κ1) is 16.5. The Morgan fingerprint density at radius 1 is 1.10 bits per heavy atom. The number of hydrogen-bond donors (Lipinski definition) is 1. The molecule has 1 aliphatic rings. The number of likely N-dealkylation sites (tertiary alicyclic amines) is 1. The Hall–Kier alpha value is -0.860. The van der Waals surface area contributed by atoms with Crippen LogP contribution >= 0.6 is 0 Å². The van der Waals surface area contributed by atoms with Gasteiger partial charge in [-0.05, 0) is 49.4 Å². The molecule has 1 unspecified atom stereocenters. The Bertz CT molecular complexity index is 418. The molecule has 1 saturated heterocycles. The molecule has 1 aliphatic heterocycles. The van der Waals surface area contributed by atoms with Gasteiger partial charge in [-0.1, -0.05) is 51.5 Å². The van der Waals surface area contributed by atoms with Crippen LogP contribution < -0.4 is 0 Å². The molecule has 1 atom stereocenters. The van der Waals surface area contributed by atoms with Crippen molar-refractivity contribution in [1.29, 1.82) is 0 Å². The number of benzene rings is 1. The van der Waals surface area contributed by atoms with Gasteiger partial charge in [-0.25, -0.2) is 0 Å². The zero-order valence-corrected chi connectivity index (χ0v) is 13.9. The van der Waals surface area contributed by atoms with Gasteiger partial charge in [-0.15, -0.1) is 0 Å². The van der Waals surface area contributed by atoms with E-state index in [1.807, 2.05) is 0 Å². The van der Waals surface area contributed by atoms with Gasteiger partial charge in [0.15, 0.2) is 0 Å². The zero-order valence-electron chi connectivity index (χ0n) is 13.9. The normalized spacial score (nSPS) is 18.7. The van der Waals surface area contributed by atoms with Gasteiger partial charge in [0.2, 0.25) is 0 Å². The highest BCUT2D eigenvalue weighted by molar-refractivity contribution is 5.28. The van der Waals surface area contributed by atoms with Crippen LogP contribution in [0.2, 0.25) is 0 Å². The molecule has 1 N–H and O–H groups in total. The average Bonchev–Trinajstić information content (AvgIpc) is 2.48. The quantitative estimate of drug-likeness (QED) is 0.864. The van der Waals surface area contributed by atoms with E-state index in [1.54, 1.807) is 0 Å². The summed E-state index contributed by atoms with van der Waals surface area (Å²) in [7, 11) is 0. The molecule has 2 rings (SSSR count). The standard InChI is InChI=1S/C19H31NO/c1-16(14-20-11-5-4-6-12-20)13-17-7-9-18(10-8-17)19(2,3)15-21/h7-10,16,21H,4-6,11-15H2,1-3H3. The summed E-state index contributed by atoms with van der Waals surface area (Å²) in [5.74, 6) is 0.708. The lowest BCUT2D eigenvalue weighted by Gasteiger charge is -2.29. The van der Waals surface area contributed by atoms with Gasteiger partial charge < -0.3 is 10.0 Å². The van der Waals surface area contributed by atoms with Gasteiger partial charge in [0.1, 0.15) is 0 Å². The maximum absolute atomic E-state index is 9.44. The molecule has 0 aromatic heterocycles. The van der Waals surface area contributed by atoms with Crippen LogP contribution in [-0.4, -0.2) is 36.2 Å². The van der Waals surface area contributed by atoms with E-state index in [0.717, 1.165) is 6.42 Å². The maximum Gasteiger partial charge on any atom is 0.0522 e. The molecule has 0 aliphatic carbocycles. The first-order valence-electron chi connectivity index (χ1n) is 8.44. The van der Waals surface area contributed by atoms with Gasteiger partial charge in [0.25, 0.3) is 0 Å². The van der Waals surface area contributed by atoms with Gasteiger partial charge in [-0.3, -0.25) is 0 Å². The van der Waals surface area contributed by atoms with Crippen molar-refractivity contribution in [3.05, 3.63) is 35.4 Å². The number of hydrogen-bond acceptors (Lipinski definition) is 2. The molecular weight excluding hydrogens is 258 g/mol. The third kappa shape index (κ3) is 4.82. The predicted molar refractivity (Wildman–Crippen MR) is 89.7 cm³/mol. The van der Waals surface area contributed by atoms with E-state index < -0.39 is 0 Å². The monoisotopic (exact) mass is 289 g/mol. The fraction of sp³-hybridized carbons (Fsp3) is 0.684. The Balaban J connectivity index is 1.87. The maximum atomic E-state index is 9.44. The molecule has 1 fully saturated rings. The summed E-state index contributed by atoms with van der Waals surface area (Å²) >= 11 is 0. The Kier molecular flexibility index (Phi) is 5.83. The van der Waals surface area contributed by atoms with Gasteiger partial charge in [0, 0.05) is 12.0 Å². The molecule has 0 spiro atoms. The van der Waals surface area contributed by atoms with Crippen LogP contribution in [0.1, 0.15) is 51.2 Å². The summed E-state index contributed by atoms with van der Waals surface area (Å²) in [4.78, 5) is 2.62. The van der Waals surface area contributed by atoms with E-state index >= 15 is 0 Å². The fourth-order valence-corrected chi connectivity index (χ4v) is 3.23. The summed E-state index contributed by atoms with van der Waals surface area (Å²) in [6, 6.07) is 8.83. The lowest BCUT2D eigenvalue weighted by molar-refractivity contribution is 0.200. The van der Waals surface area contributed by atoms with E-state index in [4.69, 9.17) is 0 Å². The first-order chi connectivity index (χ1) is 10.0. The molecule has 1 aromatic rings. The number of aliphatic hydroxyl groups is 1. The van der Waals surface area contributed by atoms with Gasteiger partial charge in [0.05, 0.1) is 6.61 Å². The van der Waals surface area contributed by atoms with Crippen LogP contribution in [0.5, 0.6) is 0 Å². The molecule has 1 heterocycles. The van der Waals surface area contributed by atoms with E-state index in [9.17, 15) is 5.11 Å². The van der Waals surface area contributed by atoms with Crippen LogP contribution in [0.4, 0.5) is 0 Å². The van der Waals surface area contributed by atoms with Crippen molar-refractivity contribution < 1.29 is 5.11 Å². The summed E-state index contributed by atoms with van der Waals surface area (Å²) in [5.41, 5.74) is 2.49. The van der Waals surface area contributed by atoms with Crippen molar-refractivity contribution in [3.8, 4) is 0 Å². The smallest absolute Gasteiger partial charge is 0.0522 e. The summed E-state index contributed by atoms with van der Waals surface area (Å²) < 4.78 is 0. The van der Waals surface area contributed by atoms with Crippen molar-refractivity contribution in [2.75, 3.05) is 26.2 Å². The zero-order chi connectivity index (χ0) is 15.3. The predicted octanol–water partition coefficient (Wildman–Crippen LogP) is 3.62. The number of nitrogens with zero attached hydrogens (tertiary/aromatic N) is 1. The Labute approximate surface area is 130 Å². The SMILES string of the molecule is CC(Cc1ccc(C(C)(C)CO)cc1)CN1CCCCC1. The molecule has 2 heteroatoms. The van der Waals surface area contributed by atoms with E-state index in [0.29, 0.717) is 5.92 Å². The fourth-order valence-electron chi connectivity index (χ4n) is 3.23. The van der Waals surface area contributed by atoms with Crippen LogP contribution in [0.15, 0.2) is 24.3 Å². The Morgan fingerprint density at radius 2 is 1.71 bits per heavy atom. The molecule has 0 bridgehead atoms. The van der Waals surface area contributed by atoms with Crippen LogP contribution in [0.3, 0.4) is 0 Å². The molecule has 2 nitrogen and oxygen atoms in total. The van der Waals surface area contributed by atoms with Crippen molar-refractivity contribution in [3.63, 3.8) is 0 Å². The van der Waals surface area contributed by atoms with Crippen LogP contribution in [0.25, 0.3) is 0 Å². The molecule has 0 amide bonds. The van der Waals surface area contributed by atoms with Crippen molar-refractivity contribution >= 4 is 0 Å². The molecule has 118 valence electrons. The third-order valence-electron chi connectivity index (χ3n) is 4.73. The lowest BCUT2D eigenvalue weighted by atomic mass is 9.85. The minimum atomic E-state index is -0.141. The minimum Gasteiger partial charge on any atom is -0.395 e. The highest BCUT2D eigenvalue weighted by Crippen LogP contribution is 2.23. The molecular formula is C19H31NO. The molecule has 0 radical (unpaired) electrons. The number of rotatable bonds is 6. The second-order valence-electron chi connectivity index (χ2n) is 7.41. The first-order valence-corrected chi connectivity index (χ1v) is 8.44. The third-order valence-corrected chi connectivity index (χ3v) is 4.73. The van der Waals surface area contributed by atoms with Crippen molar-refractivity contribution in [1.82, 2.24) is 4.90 Å². The van der Waals surface area contributed by atoms with Crippen LogP contribution in [0, 0.1) is 5.92 Å². The van der Waals surface area contributed by atoms with Crippen LogP contribution in [-0.2, 0) is 11.8 Å². The number of aliphatic hydroxyl groups excluding tert-OH is 1. The summed E-state index contributed by atoms with van der Waals surface area (Å²) in [5, 5.41) is 9.44. The van der Waals surface area contributed by atoms with Gasteiger partial charge >= 0.3 is 0 Å². The number of piperidine rings is 1. The van der Waals surface area contributed by atoms with E-state index in [2.05, 4.69) is 49.9 Å². The topological polar surface area (TPSA) is 23.5 Å². The van der Waals surface area contributed by atoms with Crippen molar-refractivity contribution in [2.45, 2.75) is 51.9 Å². The van der Waals surface area contributed by atoms with E-state index in [1.165, 1.54) is 50.0 Å². The highest BCUT2D eigenvalue weighted by Gasteiger charge is 2.19. The second-order valence-corrected chi connectivity index (χ2v) is 7.41. The largest absolute Gasteiger partial charge is 0.395 e. The second kappa shape index (κ2) is 7.42. The molecule has 21 heavy (non-hydrogen) atoms. The highest BCUT2D eigenvalue weighted by atomic mass is 16.3. The Morgan fingerprint density at radius 3 is 2.29 bits per heavy atom. The summed E-state index contributed by atoms with van der Waals surface area (Å²) in [6.07, 6.45) is 5.30. The lowest BCUT2D eigenvalue weighted by Crippen LogP contribution is -2.34. The van der Waals surface area contributed by atoms with Gasteiger partial charge in [-0.2, -0.15) is 0 Å². The molecule has 1 aromatic carbocycles. The molecule has 0 saturated carbocycles. The van der Waals surface area contributed by atoms with Crippen molar-refractivity contribution in [2.24, 2.45) is 5.92 Å². The average molecular weight is 289 g/mol.